The van der Waals surface area contributed by atoms with Crippen LogP contribution in [0.5, 0.6) is 0 Å². The van der Waals surface area contributed by atoms with Gasteiger partial charge in [-0.1, -0.05) is 11.7 Å². The van der Waals surface area contributed by atoms with Crippen LogP contribution in [-0.4, -0.2) is 10.9 Å². The van der Waals surface area contributed by atoms with Gasteiger partial charge in [0.05, 0.1) is 11.4 Å². The van der Waals surface area contributed by atoms with E-state index in [9.17, 15) is 0 Å². The summed E-state index contributed by atoms with van der Waals surface area (Å²) in [5, 5.41) is 12.4. The van der Waals surface area contributed by atoms with Crippen molar-refractivity contribution in [3.05, 3.63) is 23.4 Å². The fraction of sp³-hybridized carbons (Fsp3) is 0. The average molecular weight is 159 g/mol. The van der Waals surface area contributed by atoms with Crippen LogP contribution in [0.3, 0.4) is 0 Å². The summed E-state index contributed by atoms with van der Waals surface area (Å²) in [6, 6.07) is 0. The van der Waals surface area contributed by atoms with E-state index in [0.29, 0.717) is 0 Å². The summed E-state index contributed by atoms with van der Waals surface area (Å²) in [5.74, 6) is 0. The summed E-state index contributed by atoms with van der Waals surface area (Å²) in [6.07, 6.45) is 0. The van der Waals surface area contributed by atoms with Gasteiger partial charge in [0.2, 0.25) is 0 Å². The van der Waals surface area contributed by atoms with Crippen molar-refractivity contribution in [2.75, 3.05) is 0 Å². The molecule has 0 aromatic heterocycles. The minimum atomic E-state index is 0.0509. The molecule has 0 saturated heterocycles. The van der Waals surface area contributed by atoms with Crippen molar-refractivity contribution >= 4 is 18.3 Å². The largest absolute Gasteiger partial charge is 0.410 e. The second-order valence-electron chi connectivity index (χ2n) is 1.56. The van der Waals surface area contributed by atoms with Crippen molar-refractivity contribution in [3.8, 4) is 0 Å². The van der Waals surface area contributed by atoms with Gasteiger partial charge >= 0.3 is 0 Å². The van der Waals surface area contributed by atoms with E-state index in [1.165, 1.54) is 5.41 Å². The molecule has 0 unspecified atom stereocenters. The van der Waals surface area contributed by atoms with Gasteiger partial charge < -0.3 is 16.7 Å². The van der Waals surface area contributed by atoms with Gasteiger partial charge in [-0.05, 0) is 5.41 Å². The molecule has 5 heteroatoms. The molecular formula is C5H9N3OS. The molecule has 0 spiro atoms. The van der Waals surface area contributed by atoms with Gasteiger partial charge in [0, 0.05) is 0 Å². The minimum absolute atomic E-state index is 0.0509. The highest BCUT2D eigenvalue weighted by Crippen LogP contribution is 1.96. The van der Waals surface area contributed by atoms with Crippen LogP contribution in [0.25, 0.3) is 0 Å². The molecule has 0 aliphatic carbocycles. The van der Waals surface area contributed by atoms with Crippen molar-refractivity contribution in [2.24, 2.45) is 16.6 Å². The first kappa shape index (κ1) is 8.90. The first-order chi connectivity index (χ1) is 4.63. The lowest BCUT2D eigenvalue weighted by molar-refractivity contribution is 0.319. The van der Waals surface area contributed by atoms with Gasteiger partial charge in [-0.3, -0.25) is 0 Å². The third-order valence-electron chi connectivity index (χ3n) is 0.817. The summed E-state index contributed by atoms with van der Waals surface area (Å²) in [7, 11) is 0. The van der Waals surface area contributed by atoms with Crippen molar-refractivity contribution in [2.45, 2.75) is 0 Å². The number of nitrogens with zero attached hydrogens (tertiary/aromatic N) is 1. The topological polar surface area (TPSA) is 84.6 Å². The predicted octanol–water partition coefficient (Wildman–Crippen LogP) is 0.0189. The Bertz CT molecular complexity index is 197. The van der Waals surface area contributed by atoms with Crippen LogP contribution < -0.4 is 11.5 Å². The van der Waals surface area contributed by atoms with Gasteiger partial charge in [-0.2, -0.15) is 0 Å². The number of oxime groups is 1. The standard InChI is InChI=1S/C5H9N3OS/c1-3(6)5(8-9)4(7)2-10/h2,9-10H,1,6-7H2/b4-2-,8-5+. The minimum Gasteiger partial charge on any atom is -0.410 e. The van der Waals surface area contributed by atoms with Crippen LogP contribution in [-0.2, 0) is 0 Å². The smallest absolute Gasteiger partial charge is 0.148 e. The Morgan fingerprint density at radius 2 is 2.10 bits per heavy atom. The third kappa shape index (κ3) is 2.02. The second-order valence-corrected chi connectivity index (χ2v) is 1.82. The molecule has 0 atom stereocenters. The Kier molecular flexibility index (Phi) is 3.42. The van der Waals surface area contributed by atoms with Gasteiger partial charge in [0.15, 0.2) is 0 Å². The number of hydrogen-bond acceptors (Lipinski definition) is 5. The van der Waals surface area contributed by atoms with Gasteiger partial charge in [-0.25, -0.2) is 0 Å². The van der Waals surface area contributed by atoms with E-state index in [2.05, 4.69) is 24.4 Å². The molecular weight excluding hydrogens is 150 g/mol. The molecule has 5 N–H and O–H groups in total. The summed E-state index contributed by atoms with van der Waals surface area (Å²) < 4.78 is 0. The highest BCUT2D eigenvalue weighted by molar-refractivity contribution is 7.83. The lowest BCUT2D eigenvalue weighted by Crippen LogP contribution is -2.17. The van der Waals surface area contributed by atoms with Crippen LogP contribution in [0, 0.1) is 0 Å². The monoisotopic (exact) mass is 159 g/mol. The van der Waals surface area contributed by atoms with E-state index < -0.39 is 0 Å². The first-order valence-electron chi connectivity index (χ1n) is 2.40. The number of rotatable bonds is 2. The van der Waals surface area contributed by atoms with Crippen LogP contribution in [0.1, 0.15) is 0 Å². The van der Waals surface area contributed by atoms with Crippen LogP contribution >= 0.6 is 12.6 Å². The molecule has 4 nitrogen and oxygen atoms in total. The summed E-state index contributed by atoms with van der Waals surface area (Å²) >= 11 is 3.73. The molecule has 56 valence electrons. The molecule has 0 radical (unpaired) electrons. The summed E-state index contributed by atoms with van der Waals surface area (Å²) in [6.45, 7) is 3.33. The Morgan fingerprint density at radius 1 is 1.60 bits per heavy atom. The molecule has 0 aromatic carbocycles. The van der Waals surface area contributed by atoms with E-state index >= 15 is 0 Å². The molecule has 0 aromatic rings. The number of thiol groups is 1. The zero-order valence-corrected chi connectivity index (χ0v) is 6.18. The highest BCUT2D eigenvalue weighted by atomic mass is 32.1. The van der Waals surface area contributed by atoms with Crippen molar-refractivity contribution in [1.82, 2.24) is 0 Å². The van der Waals surface area contributed by atoms with Gasteiger partial charge in [0.1, 0.15) is 5.71 Å². The van der Waals surface area contributed by atoms with Crippen LogP contribution in [0.2, 0.25) is 0 Å². The lowest BCUT2D eigenvalue weighted by Gasteiger charge is -2.00. The fourth-order valence-electron chi connectivity index (χ4n) is 0.368. The Balaban J connectivity index is 4.56. The lowest BCUT2D eigenvalue weighted by atomic mass is 10.2. The third-order valence-corrected chi connectivity index (χ3v) is 1.09. The normalized spacial score (nSPS) is 13.3. The molecule has 0 bridgehead atoms. The Morgan fingerprint density at radius 3 is 2.20 bits per heavy atom. The van der Waals surface area contributed by atoms with Gasteiger partial charge in [-0.15, -0.1) is 12.6 Å². The second kappa shape index (κ2) is 3.84. The van der Waals surface area contributed by atoms with Crippen LogP contribution in [0.4, 0.5) is 0 Å². The van der Waals surface area contributed by atoms with Crippen LogP contribution in [0.15, 0.2) is 28.5 Å². The number of nitrogens with two attached hydrogens (primary N) is 2. The molecule has 0 aliphatic rings. The molecule has 0 amide bonds. The Hall–Kier alpha value is -1.10. The van der Waals surface area contributed by atoms with Gasteiger partial charge in [0.25, 0.3) is 0 Å². The maximum atomic E-state index is 8.29. The van der Waals surface area contributed by atoms with Crippen molar-refractivity contribution in [1.29, 1.82) is 0 Å². The maximum Gasteiger partial charge on any atom is 0.148 e. The van der Waals surface area contributed by atoms with E-state index in [1.54, 1.807) is 0 Å². The van der Waals surface area contributed by atoms with E-state index in [1.807, 2.05) is 0 Å². The molecule has 0 heterocycles. The van der Waals surface area contributed by atoms with E-state index in [0.717, 1.165) is 0 Å². The maximum absolute atomic E-state index is 8.29. The quantitative estimate of drug-likeness (QED) is 0.198. The van der Waals surface area contributed by atoms with E-state index in [-0.39, 0.29) is 17.1 Å². The average Bonchev–Trinajstić information content (AvgIpc) is 1.88. The fourth-order valence-corrected chi connectivity index (χ4v) is 0.491. The van der Waals surface area contributed by atoms with Crippen molar-refractivity contribution < 1.29 is 5.21 Å². The zero-order valence-electron chi connectivity index (χ0n) is 5.28. The first-order valence-corrected chi connectivity index (χ1v) is 2.92. The molecule has 0 fully saturated rings. The number of hydrogen-bond donors (Lipinski definition) is 4. The molecule has 0 saturated carbocycles. The highest BCUT2D eigenvalue weighted by Gasteiger charge is 2.03. The molecule has 0 rings (SSSR count). The molecule has 10 heavy (non-hydrogen) atoms. The summed E-state index contributed by atoms with van der Waals surface area (Å²) in [4.78, 5) is 0. The zero-order chi connectivity index (χ0) is 8.15. The summed E-state index contributed by atoms with van der Waals surface area (Å²) in [5.41, 5.74) is 10.8. The van der Waals surface area contributed by atoms with E-state index in [4.69, 9.17) is 16.7 Å². The Labute approximate surface area is 64.3 Å². The SMILES string of the molecule is C=C(N)C(=N\O)/C(N)=C/S. The predicted molar refractivity (Wildman–Crippen MR) is 43.8 cm³/mol. The molecule has 0 aliphatic heterocycles. The van der Waals surface area contributed by atoms with Crippen molar-refractivity contribution in [3.63, 3.8) is 0 Å².